The first-order valence-electron chi connectivity index (χ1n) is 4.64. The number of hydrogen-bond donors (Lipinski definition) is 2. The van der Waals surface area contributed by atoms with Crippen molar-refractivity contribution in [3.63, 3.8) is 0 Å². The van der Waals surface area contributed by atoms with Gasteiger partial charge >= 0.3 is 5.97 Å². The molecule has 6 heteroatoms. The third-order valence-electron chi connectivity index (χ3n) is 2.72. The number of carboxylic acid groups (broad SMARTS) is 1. The predicted octanol–water partition coefficient (Wildman–Crippen LogP) is -0.815. The van der Waals surface area contributed by atoms with Crippen molar-refractivity contribution < 1.29 is 19.5 Å². The first kappa shape index (κ1) is 11.5. The first-order chi connectivity index (χ1) is 6.85. The molecule has 0 radical (unpaired) electrons. The standard InChI is InChI=1S/C9H14N2O4/c1-9(8(10)15)2-3-11(5-9)6(12)4-7(13)14/h2-5H2,1H3,(H2,10,15)(H,13,14). The molecule has 2 amide bonds. The molecule has 1 aliphatic rings. The maximum Gasteiger partial charge on any atom is 0.312 e. The minimum Gasteiger partial charge on any atom is -0.481 e. The molecule has 1 rings (SSSR count). The topological polar surface area (TPSA) is 101 Å². The van der Waals surface area contributed by atoms with Crippen LogP contribution in [0.3, 0.4) is 0 Å². The Morgan fingerprint density at radius 2 is 2.07 bits per heavy atom. The molecule has 0 aromatic carbocycles. The Morgan fingerprint density at radius 1 is 1.47 bits per heavy atom. The molecule has 1 atom stereocenters. The Labute approximate surface area is 87.0 Å². The number of primary amides is 1. The Hall–Kier alpha value is -1.59. The van der Waals surface area contributed by atoms with Crippen LogP contribution in [-0.2, 0) is 14.4 Å². The van der Waals surface area contributed by atoms with Crippen molar-refractivity contribution in [3.05, 3.63) is 0 Å². The number of aliphatic carboxylic acids is 1. The molecule has 1 aliphatic heterocycles. The fourth-order valence-electron chi connectivity index (χ4n) is 1.62. The van der Waals surface area contributed by atoms with Gasteiger partial charge in [0.25, 0.3) is 0 Å². The molecule has 3 N–H and O–H groups in total. The van der Waals surface area contributed by atoms with Gasteiger partial charge in [0, 0.05) is 13.1 Å². The van der Waals surface area contributed by atoms with E-state index in [1.165, 1.54) is 4.90 Å². The van der Waals surface area contributed by atoms with Crippen molar-refractivity contribution in [2.45, 2.75) is 19.8 Å². The lowest BCUT2D eigenvalue weighted by molar-refractivity contribution is -0.143. The fraction of sp³-hybridized carbons (Fsp3) is 0.667. The molecular weight excluding hydrogens is 200 g/mol. The minimum atomic E-state index is -1.16. The lowest BCUT2D eigenvalue weighted by Crippen LogP contribution is -2.39. The molecule has 1 heterocycles. The summed E-state index contributed by atoms with van der Waals surface area (Å²) in [5.74, 6) is -2.08. The van der Waals surface area contributed by atoms with Crippen LogP contribution in [0.2, 0.25) is 0 Å². The highest BCUT2D eigenvalue weighted by Crippen LogP contribution is 2.29. The third-order valence-corrected chi connectivity index (χ3v) is 2.72. The van der Waals surface area contributed by atoms with E-state index in [4.69, 9.17) is 10.8 Å². The lowest BCUT2D eigenvalue weighted by Gasteiger charge is -2.20. The van der Waals surface area contributed by atoms with Crippen molar-refractivity contribution in [1.82, 2.24) is 4.90 Å². The average Bonchev–Trinajstić information content (AvgIpc) is 2.48. The van der Waals surface area contributed by atoms with Crippen molar-refractivity contribution in [2.24, 2.45) is 11.1 Å². The van der Waals surface area contributed by atoms with Crippen LogP contribution in [0.25, 0.3) is 0 Å². The molecule has 0 aromatic heterocycles. The summed E-state index contributed by atoms with van der Waals surface area (Å²) in [5, 5.41) is 8.44. The fourth-order valence-corrected chi connectivity index (χ4v) is 1.62. The van der Waals surface area contributed by atoms with Gasteiger partial charge in [-0.05, 0) is 13.3 Å². The zero-order chi connectivity index (χ0) is 11.6. The van der Waals surface area contributed by atoms with Gasteiger partial charge in [-0.2, -0.15) is 0 Å². The van der Waals surface area contributed by atoms with E-state index in [0.717, 1.165) is 0 Å². The number of nitrogens with zero attached hydrogens (tertiary/aromatic N) is 1. The predicted molar refractivity (Wildman–Crippen MR) is 50.8 cm³/mol. The number of carbonyl (C=O) groups is 3. The summed E-state index contributed by atoms with van der Waals surface area (Å²) in [6.45, 7) is 2.30. The Morgan fingerprint density at radius 3 is 2.47 bits per heavy atom. The normalized spacial score (nSPS) is 25.3. The number of carbonyl (C=O) groups excluding carboxylic acids is 2. The monoisotopic (exact) mass is 214 g/mol. The summed E-state index contributed by atoms with van der Waals surface area (Å²) in [6.07, 6.45) is -0.0392. The second-order valence-corrected chi connectivity index (χ2v) is 4.06. The summed E-state index contributed by atoms with van der Waals surface area (Å²) in [6, 6.07) is 0. The highest BCUT2D eigenvalue weighted by atomic mass is 16.4. The zero-order valence-electron chi connectivity index (χ0n) is 8.52. The molecule has 1 unspecified atom stereocenters. The average molecular weight is 214 g/mol. The van der Waals surface area contributed by atoms with Gasteiger partial charge in [0.05, 0.1) is 5.41 Å². The summed E-state index contributed by atoms with van der Waals surface area (Å²) >= 11 is 0. The molecule has 1 saturated heterocycles. The molecule has 1 fully saturated rings. The molecule has 0 aliphatic carbocycles. The van der Waals surface area contributed by atoms with Crippen LogP contribution in [0.15, 0.2) is 0 Å². The zero-order valence-corrected chi connectivity index (χ0v) is 8.52. The minimum absolute atomic E-state index is 0.217. The van der Waals surface area contributed by atoms with E-state index in [2.05, 4.69) is 0 Å². The van der Waals surface area contributed by atoms with E-state index in [9.17, 15) is 14.4 Å². The smallest absolute Gasteiger partial charge is 0.312 e. The first-order valence-corrected chi connectivity index (χ1v) is 4.64. The van der Waals surface area contributed by atoms with Crippen molar-refractivity contribution in [1.29, 1.82) is 0 Å². The lowest BCUT2D eigenvalue weighted by atomic mass is 9.89. The summed E-state index contributed by atoms with van der Waals surface area (Å²) < 4.78 is 0. The third kappa shape index (κ3) is 2.45. The number of rotatable bonds is 3. The van der Waals surface area contributed by atoms with Crippen LogP contribution in [-0.4, -0.2) is 40.9 Å². The summed E-state index contributed by atoms with van der Waals surface area (Å²) in [4.78, 5) is 34.1. The number of carboxylic acids is 1. The molecule has 0 saturated carbocycles. The van der Waals surface area contributed by atoms with Crippen molar-refractivity contribution in [2.75, 3.05) is 13.1 Å². The summed E-state index contributed by atoms with van der Waals surface area (Å²) in [7, 11) is 0. The molecule has 0 spiro atoms. The van der Waals surface area contributed by atoms with Gasteiger partial charge in [0.15, 0.2) is 0 Å². The van der Waals surface area contributed by atoms with Crippen LogP contribution >= 0.6 is 0 Å². The van der Waals surface area contributed by atoms with Crippen LogP contribution in [0, 0.1) is 5.41 Å². The van der Waals surface area contributed by atoms with E-state index in [1.807, 2.05) is 0 Å². The van der Waals surface area contributed by atoms with Crippen molar-refractivity contribution in [3.8, 4) is 0 Å². The van der Waals surface area contributed by atoms with Gasteiger partial charge in [-0.1, -0.05) is 0 Å². The van der Waals surface area contributed by atoms with Gasteiger partial charge in [-0.3, -0.25) is 14.4 Å². The number of nitrogens with two attached hydrogens (primary N) is 1. The van der Waals surface area contributed by atoms with Crippen molar-refractivity contribution >= 4 is 17.8 Å². The van der Waals surface area contributed by atoms with Gasteiger partial charge < -0.3 is 15.7 Å². The van der Waals surface area contributed by atoms with E-state index in [1.54, 1.807) is 6.92 Å². The van der Waals surface area contributed by atoms with Crippen LogP contribution in [0.1, 0.15) is 19.8 Å². The maximum atomic E-state index is 11.4. The number of amides is 2. The van der Waals surface area contributed by atoms with Gasteiger partial charge in [-0.15, -0.1) is 0 Å². The Kier molecular flexibility index (Phi) is 2.97. The molecule has 0 bridgehead atoms. The number of hydrogen-bond acceptors (Lipinski definition) is 3. The second kappa shape index (κ2) is 3.88. The van der Waals surface area contributed by atoms with Gasteiger partial charge in [-0.25, -0.2) is 0 Å². The van der Waals surface area contributed by atoms with Gasteiger partial charge in [0.2, 0.25) is 11.8 Å². The van der Waals surface area contributed by atoms with Crippen LogP contribution < -0.4 is 5.73 Å². The van der Waals surface area contributed by atoms with E-state index in [-0.39, 0.29) is 6.54 Å². The highest BCUT2D eigenvalue weighted by molar-refractivity contribution is 5.94. The molecular formula is C9H14N2O4. The van der Waals surface area contributed by atoms with Crippen LogP contribution in [0.5, 0.6) is 0 Å². The van der Waals surface area contributed by atoms with E-state index in [0.29, 0.717) is 13.0 Å². The Balaban J connectivity index is 2.60. The maximum absolute atomic E-state index is 11.4. The largest absolute Gasteiger partial charge is 0.481 e. The SMILES string of the molecule is CC1(C(N)=O)CCN(C(=O)CC(=O)O)C1. The van der Waals surface area contributed by atoms with Crippen LogP contribution in [0.4, 0.5) is 0 Å². The molecule has 15 heavy (non-hydrogen) atoms. The second-order valence-electron chi connectivity index (χ2n) is 4.06. The number of likely N-dealkylation sites (tertiary alicyclic amines) is 1. The van der Waals surface area contributed by atoms with Gasteiger partial charge in [0.1, 0.15) is 6.42 Å². The molecule has 84 valence electrons. The Bertz CT molecular complexity index is 315. The molecule has 6 nitrogen and oxygen atoms in total. The van der Waals surface area contributed by atoms with E-state index < -0.39 is 29.6 Å². The highest BCUT2D eigenvalue weighted by Gasteiger charge is 2.40. The van der Waals surface area contributed by atoms with E-state index >= 15 is 0 Å². The molecule has 0 aromatic rings. The quantitative estimate of drug-likeness (QED) is 0.599. The summed E-state index contributed by atoms with van der Waals surface area (Å²) in [5.41, 5.74) is 4.49.